The number of hydrogen-bond acceptors (Lipinski definition) is 4. The quantitative estimate of drug-likeness (QED) is 0.426. The highest BCUT2D eigenvalue weighted by Gasteiger charge is 2.06. The van der Waals surface area contributed by atoms with Gasteiger partial charge in [-0.25, -0.2) is 0 Å². The van der Waals surface area contributed by atoms with Crippen LogP contribution in [0.25, 0.3) is 0 Å². The Hall–Kier alpha value is -0.420. The minimum atomic E-state index is -0.489. The lowest BCUT2D eigenvalue weighted by Crippen LogP contribution is -2.33. The van der Waals surface area contributed by atoms with Crippen LogP contribution in [0.15, 0.2) is 12.2 Å². The van der Waals surface area contributed by atoms with Gasteiger partial charge in [0.2, 0.25) is 0 Å². The van der Waals surface area contributed by atoms with Crippen molar-refractivity contribution in [1.29, 1.82) is 0 Å². The standard InChI is InChI=1S/C10H21NO3/c1-3-4-7-14-9-10(13)8-11(2)5-6-12/h3-4,10,12-13H,5-9H2,1-2H3/b4-3+. The second kappa shape index (κ2) is 9.15. The van der Waals surface area contributed by atoms with Gasteiger partial charge >= 0.3 is 0 Å². The molecule has 0 aromatic rings. The van der Waals surface area contributed by atoms with Gasteiger partial charge in [0, 0.05) is 13.1 Å². The average molecular weight is 203 g/mol. The molecule has 0 aromatic heterocycles. The highest BCUT2D eigenvalue weighted by atomic mass is 16.5. The first-order valence-corrected chi connectivity index (χ1v) is 4.87. The zero-order chi connectivity index (χ0) is 10.8. The van der Waals surface area contributed by atoms with Crippen LogP contribution in [0.2, 0.25) is 0 Å². The van der Waals surface area contributed by atoms with Crippen LogP contribution in [0.4, 0.5) is 0 Å². The minimum absolute atomic E-state index is 0.114. The number of rotatable bonds is 8. The summed E-state index contributed by atoms with van der Waals surface area (Å²) in [6, 6.07) is 0. The summed E-state index contributed by atoms with van der Waals surface area (Å²) >= 11 is 0. The Morgan fingerprint density at radius 3 is 2.79 bits per heavy atom. The van der Waals surface area contributed by atoms with E-state index in [1.807, 2.05) is 31.0 Å². The second-order valence-electron chi connectivity index (χ2n) is 3.25. The molecule has 1 atom stereocenters. The third kappa shape index (κ3) is 8.19. The van der Waals surface area contributed by atoms with E-state index in [4.69, 9.17) is 9.84 Å². The van der Waals surface area contributed by atoms with Crippen LogP contribution in [-0.2, 0) is 4.74 Å². The lowest BCUT2D eigenvalue weighted by atomic mass is 10.3. The Balaban J connectivity index is 3.39. The van der Waals surface area contributed by atoms with Crippen molar-refractivity contribution in [1.82, 2.24) is 4.90 Å². The second-order valence-corrected chi connectivity index (χ2v) is 3.25. The fraction of sp³-hybridized carbons (Fsp3) is 0.800. The van der Waals surface area contributed by atoms with Crippen molar-refractivity contribution in [3.8, 4) is 0 Å². The van der Waals surface area contributed by atoms with Crippen LogP contribution < -0.4 is 0 Å². The number of hydrogen-bond donors (Lipinski definition) is 2. The number of aliphatic hydroxyl groups excluding tert-OH is 2. The lowest BCUT2D eigenvalue weighted by molar-refractivity contribution is 0.0285. The molecular weight excluding hydrogens is 182 g/mol. The predicted molar refractivity (Wildman–Crippen MR) is 56.2 cm³/mol. The predicted octanol–water partition coefficient (Wildman–Crippen LogP) is -0.136. The van der Waals surface area contributed by atoms with Gasteiger partial charge in [0.25, 0.3) is 0 Å². The zero-order valence-corrected chi connectivity index (χ0v) is 9.02. The molecule has 0 bridgehead atoms. The molecule has 4 heteroatoms. The van der Waals surface area contributed by atoms with Crippen molar-refractivity contribution in [3.05, 3.63) is 12.2 Å². The first-order valence-electron chi connectivity index (χ1n) is 4.87. The molecule has 0 amide bonds. The average Bonchev–Trinajstić information content (AvgIpc) is 2.13. The fourth-order valence-corrected chi connectivity index (χ4v) is 1.04. The van der Waals surface area contributed by atoms with Crippen LogP contribution in [0, 0.1) is 0 Å². The van der Waals surface area contributed by atoms with E-state index in [1.54, 1.807) is 0 Å². The largest absolute Gasteiger partial charge is 0.395 e. The molecule has 0 saturated carbocycles. The van der Waals surface area contributed by atoms with Gasteiger partial charge in [-0.3, -0.25) is 0 Å². The molecule has 0 saturated heterocycles. The van der Waals surface area contributed by atoms with Crippen molar-refractivity contribution < 1.29 is 14.9 Å². The van der Waals surface area contributed by atoms with Crippen LogP contribution in [0.3, 0.4) is 0 Å². The molecule has 0 rings (SSSR count). The number of nitrogens with zero attached hydrogens (tertiary/aromatic N) is 1. The van der Waals surface area contributed by atoms with Gasteiger partial charge in [0.15, 0.2) is 0 Å². The first-order chi connectivity index (χ1) is 6.70. The summed E-state index contributed by atoms with van der Waals surface area (Å²) in [6.45, 7) is 4.01. The molecule has 2 N–H and O–H groups in total. The maximum atomic E-state index is 9.47. The molecule has 0 heterocycles. The van der Waals surface area contributed by atoms with Crippen LogP contribution >= 0.6 is 0 Å². The highest BCUT2D eigenvalue weighted by Crippen LogP contribution is 1.90. The Bertz CT molecular complexity index is 150. The van der Waals surface area contributed by atoms with Crippen molar-refractivity contribution >= 4 is 0 Å². The summed E-state index contributed by atoms with van der Waals surface area (Å²) in [5, 5.41) is 18.1. The van der Waals surface area contributed by atoms with Crippen LogP contribution in [0.1, 0.15) is 6.92 Å². The molecule has 0 aliphatic carbocycles. The van der Waals surface area contributed by atoms with Crippen molar-refractivity contribution in [2.24, 2.45) is 0 Å². The Morgan fingerprint density at radius 2 is 2.21 bits per heavy atom. The van der Waals surface area contributed by atoms with Crippen molar-refractivity contribution in [2.75, 3.05) is 40.0 Å². The molecule has 14 heavy (non-hydrogen) atoms. The highest BCUT2D eigenvalue weighted by molar-refractivity contribution is 4.76. The number of ether oxygens (including phenoxy) is 1. The van der Waals surface area contributed by atoms with E-state index in [-0.39, 0.29) is 6.61 Å². The molecule has 84 valence electrons. The Labute approximate surface area is 85.8 Å². The summed E-state index contributed by atoms with van der Waals surface area (Å²) in [7, 11) is 1.85. The van der Waals surface area contributed by atoms with Gasteiger partial charge in [0.1, 0.15) is 0 Å². The monoisotopic (exact) mass is 203 g/mol. The molecule has 0 radical (unpaired) electrons. The maximum absolute atomic E-state index is 9.47. The zero-order valence-electron chi connectivity index (χ0n) is 9.02. The van der Waals surface area contributed by atoms with Crippen molar-refractivity contribution in [3.63, 3.8) is 0 Å². The smallest absolute Gasteiger partial charge is 0.0900 e. The van der Waals surface area contributed by atoms with E-state index in [0.717, 1.165) is 0 Å². The number of allylic oxidation sites excluding steroid dienone is 1. The van der Waals surface area contributed by atoms with Gasteiger partial charge in [-0.1, -0.05) is 12.2 Å². The van der Waals surface area contributed by atoms with Crippen LogP contribution in [0.5, 0.6) is 0 Å². The Morgan fingerprint density at radius 1 is 1.50 bits per heavy atom. The molecular formula is C10H21NO3. The fourth-order valence-electron chi connectivity index (χ4n) is 1.04. The SMILES string of the molecule is C/C=C/COCC(O)CN(C)CCO. The topological polar surface area (TPSA) is 52.9 Å². The molecule has 0 fully saturated rings. The van der Waals surface area contributed by atoms with Crippen LogP contribution in [-0.4, -0.2) is 61.2 Å². The molecule has 0 aliphatic rings. The van der Waals surface area contributed by atoms with Gasteiger partial charge < -0.3 is 19.8 Å². The van der Waals surface area contributed by atoms with Gasteiger partial charge in [-0.15, -0.1) is 0 Å². The summed E-state index contributed by atoms with van der Waals surface area (Å²) in [5.41, 5.74) is 0. The number of likely N-dealkylation sites (N-methyl/N-ethyl adjacent to an activating group) is 1. The van der Waals surface area contributed by atoms with Crippen molar-refractivity contribution in [2.45, 2.75) is 13.0 Å². The number of aliphatic hydroxyl groups is 2. The third-order valence-corrected chi connectivity index (χ3v) is 1.76. The molecule has 0 aromatic carbocycles. The van der Waals surface area contributed by atoms with E-state index >= 15 is 0 Å². The molecule has 1 unspecified atom stereocenters. The van der Waals surface area contributed by atoms with E-state index in [9.17, 15) is 5.11 Å². The van der Waals surface area contributed by atoms with E-state index in [1.165, 1.54) is 0 Å². The maximum Gasteiger partial charge on any atom is 0.0900 e. The van der Waals surface area contributed by atoms with E-state index in [2.05, 4.69) is 0 Å². The normalized spacial score (nSPS) is 14.1. The van der Waals surface area contributed by atoms with E-state index in [0.29, 0.717) is 26.3 Å². The summed E-state index contributed by atoms with van der Waals surface area (Å²) in [6.07, 6.45) is 3.31. The molecule has 0 aliphatic heterocycles. The summed E-state index contributed by atoms with van der Waals surface area (Å²) in [5.74, 6) is 0. The third-order valence-electron chi connectivity index (χ3n) is 1.76. The van der Waals surface area contributed by atoms with Gasteiger partial charge in [-0.05, 0) is 14.0 Å². The molecule has 4 nitrogen and oxygen atoms in total. The van der Waals surface area contributed by atoms with E-state index < -0.39 is 6.10 Å². The minimum Gasteiger partial charge on any atom is -0.395 e. The summed E-state index contributed by atoms with van der Waals surface area (Å²) < 4.78 is 5.19. The van der Waals surface area contributed by atoms with Gasteiger partial charge in [0.05, 0.1) is 25.9 Å². The lowest BCUT2D eigenvalue weighted by Gasteiger charge is -2.19. The molecule has 0 spiro atoms. The van der Waals surface area contributed by atoms with Gasteiger partial charge in [-0.2, -0.15) is 0 Å². The summed E-state index contributed by atoms with van der Waals surface area (Å²) in [4.78, 5) is 1.86. The first kappa shape index (κ1) is 13.6. The Kier molecular flexibility index (Phi) is 8.87.